The van der Waals surface area contributed by atoms with Crippen molar-refractivity contribution >= 4 is 5.91 Å². The van der Waals surface area contributed by atoms with E-state index in [0.29, 0.717) is 6.54 Å². The Morgan fingerprint density at radius 3 is 2.72 bits per heavy atom. The maximum Gasteiger partial charge on any atom is 0.240 e. The minimum atomic E-state index is -0.691. The van der Waals surface area contributed by atoms with Crippen LogP contribution in [-0.2, 0) is 24.3 Å². The van der Waals surface area contributed by atoms with Gasteiger partial charge in [-0.15, -0.1) is 0 Å². The van der Waals surface area contributed by atoms with E-state index in [1.807, 2.05) is 12.3 Å². The summed E-state index contributed by atoms with van der Waals surface area (Å²) in [6.07, 6.45) is 10.7. The zero-order valence-corrected chi connectivity index (χ0v) is 14.8. The summed E-state index contributed by atoms with van der Waals surface area (Å²) in [5, 5.41) is 3.00. The third-order valence-corrected chi connectivity index (χ3v) is 5.11. The molecule has 0 atom stereocenters. The Hall–Kier alpha value is -2.14. The summed E-state index contributed by atoms with van der Waals surface area (Å²) >= 11 is 0. The molecule has 5 heteroatoms. The van der Waals surface area contributed by atoms with E-state index in [2.05, 4.69) is 39.1 Å². The quantitative estimate of drug-likeness (QED) is 0.814. The second-order valence-corrected chi connectivity index (χ2v) is 7.03. The standard InChI is InChI=1S/C20H28N4O/c21-20(11-5-2-6-12-20)19(25)23-16-18-22-13-15-24(18)14-7-10-17-8-3-1-4-9-17/h1,3-4,8-9,13,15H,2,5-7,10-12,14,16,21H2,(H,23,25). The van der Waals surface area contributed by atoms with Gasteiger partial charge in [0.15, 0.2) is 0 Å². The second-order valence-electron chi connectivity index (χ2n) is 7.03. The van der Waals surface area contributed by atoms with E-state index >= 15 is 0 Å². The Labute approximate surface area is 149 Å². The van der Waals surface area contributed by atoms with Gasteiger partial charge in [-0.2, -0.15) is 0 Å². The molecule has 0 aliphatic heterocycles. The highest BCUT2D eigenvalue weighted by Crippen LogP contribution is 2.26. The molecule has 1 aromatic heterocycles. The summed E-state index contributed by atoms with van der Waals surface area (Å²) in [4.78, 5) is 16.8. The van der Waals surface area contributed by atoms with Crippen molar-refractivity contribution in [3.8, 4) is 0 Å². The van der Waals surface area contributed by atoms with Crippen LogP contribution < -0.4 is 11.1 Å². The van der Waals surface area contributed by atoms with E-state index in [9.17, 15) is 4.79 Å². The molecule has 5 nitrogen and oxygen atoms in total. The fraction of sp³-hybridized carbons (Fsp3) is 0.500. The Bertz CT molecular complexity index is 674. The van der Waals surface area contributed by atoms with Gasteiger partial charge in [0.05, 0.1) is 12.1 Å². The third-order valence-electron chi connectivity index (χ3n) is 5.11. The van der Waals surface area contributed by atoms with Crippen LogP contribution in [0.3, 0.4) is 0 Å². The molecule has 1 aliphatic carbocycles. The van der Waals surface area contributed by atoms with Crippen molar-refractivity contribution in [2.75, 3.05) is 0 Å². The molecule has 134 valence electrons. The highest BCUT2D eigenvalue weighted by atomic mass is 16.2. The number of nitrogens with two attached hydrogens (primary N) is 1. The number of hydrogen-bond donors (Lipinski definition) is 2. The monoisotopic (exact) mass is 340 g/mol. The maximum absolute atomic E-state index is 12.5. The summed E-state index contributed by atoms with van der Waals surface area (Å²) in [6.45, 7) is 1.34. The molecule has 25 heavy (non-hydrogen) atoms. The van der Waals surface area contributed by atoms with Gasteiger partial charge in [0.1, 0.15) is 5.82 Å². The van der Waals surface area contributed by atoms with Crippen LogP contribution in [0.4, 0.5) is 0 Å². The smallest absolute Gasteiger partial charge is 0.240 e. The van der Waals surface area contributed by atoms with Crippen molar-refractivity contribution in [3.05, 3.63) is 54.1 Å². The lowest BCUT2D eigenvalue weighted by Gasteiger charge is -2.31. The van der Waals surface area contributed by atoms with Crippen LogP contribution in [-0.4, -0.2) is 21.0 Å². The van der Waals surface area contributed by atoms with E-state index < -0.39 is 5.54 Å². The molecule has 0 spiro atoms. The van der Waals surface area contributed by atoms with Crippen molar-refractivity contribution in [1.29, 1.82) is 0 Å². The van der Waals surface area contributed by atoms with Crippen LogP contribution in [0.25, 0.3) is 0 Å². The summed E-state index contributed by atoms with van der Waals surface area (Å²) in [5.41, 5.74) is 6.94. The maximum atomic E-state index is 12.5. The number of hydrogen-bond acceptors (Lipinski definition) is 3. The zero-order valence-electron chi connectivity index (χ0n) is 14.8. The molecule has 1 heterocycles. The molecule has 2 aromatic rings. The second kappa shape index (κ2) is 8.30. The molecular formula is C20H28N4O. The van der Waals surface area contributed by atoms with Gasteiger partial charge in [0, 0.05) is 18.9 Å². The van der Waals surface area contributed by atoms with Gasteiger partial charge in [-0.1, -0.05) is 49.6 Å². The number of aromatic nitrogens is 2. The number of nitrogens with one attached hydrogen (secondary N) is 1. The Kier molecular flexibility index (Phi) is 5.87. The van der Waals surface area contributed by atoms with Crippen LogP contribution >= 0.6 is 0 Å². The van der Waals surface area contributed by atoms with Gasteiger partial charge in [0.25, 0.3) is 0 Å². The topological polar surface area (TPSA) is 72.9 Å². The van der Waals surface area contributed by atoms with Crippen molar-refractivity contribution in [2.45, 2.75) is 63.6 Å². The lowest BCUT2D eigenvalue weighted by molar-refractivity contribution is -0.127. The van der Waals surface area contributed by atoms with E-state index in [0.717, 1.165) is 50.9 Å². The van der Waals surface area contributed by atoms with Crippen LogP contribution in [0.1, 0.15) is 49.9 Å². The van der Waals surface area contributed by atoms with Crippen LogP contribution in [0, 0.1) is 0 Å². The third kappa shape index (κ3) is 4.69. The SMILES string of the molecule is NC1(C(=O)NCc2nccn2CCCc2ccccc2)CCCCC1. The van der Waals surface area contributed by atoms with Crippen molar-refractivity contribution in [3.63, 3.8) is 0 Å². The summed E-state index contributed by atoms with van der Waals surface area (Å²) in [6, 6.07) is 10.5. The summed E-state index contributed by atoms with van der Waals surface area (Å²) < 4.78 is 2.12. The normalized spacial score (nSPS) is 16.5. The molecule has 1 aromatic carbocycles. The highest BCUT2D eigenvalue weighted by molar-refractivity contribution is 5.86. The average Bonchev–Trinajstić information content (AvgIpc) is 3.08. The minimum Gasteiger partial charge on any atom is -0.347 e. The number of aryl methyl sites for hydroxylation is 2. The molecule has 0 unspecified atom stereocenters. The number of benzene rings is 1. The number of imidazole rings is 1. The van der Waals surface area contributed by atoms with Crippen LogP contribution in [0.15, 0.2) is 42.7 Å². The van der Waals surface area contributed by atoms with Crippen LogP contribution in [0.2, 0.25) is 0 Å². The van der Waals surface area contributed by atoms with Gasteiger partial charge in [-0.3, -0.25) is 4.79 Å². The molecule has 0 radical (unpaired) electrons. The Morgan fingerprint density at radius 2 is 1.96 bits per heavy atom. The highest BCUT2D eigenvalue weighted by Gasteiger charge is 2.35. The largest absolute Gasteiger partial charge is 0.347 e. The molecular weight excluding hydrogens is 312 g/mol. The number of nitrogens with zero attached hydrogens (tertiary/aromatic N) is 2. The number of carbonyl (C=O) groups is 1. The number of amides is 1. The van der Waals surface area contributed by atoms with Gasteiger partial charge < -0.3 is 15.6 Å². The molecule has 3 rings (SSSR count). The number of rotatable bonds is 7. The molecule has 1 aliphatic rings. The number of carbonyl (C=O) groups excluding carboxylic acids is 1. The first-order chi connectivity index (χ1) is 12.2. The van der Waals surface area contributed by atoms with E-state index in [4.69, 9.17) is 5.73 Å². The predicted octanol–water partition coefficient (Wildman–Crippen LogP) is 2.79. The van der Waals surface area contributed by atoms with E-state index in [1.54, 1.807) is 6.20 Å². The molecule has 0 bridgehead atoms. The predicted molar refractivity (Wildman–Crippen MR) is 98.8 cm³/mol. The lowest BCUT2D eigenvalue weighted by atomic mass is 9.82. The van der Waals surface area contributed by atoms with Gasteiger partial charge in [-0.05, 0) is 31.2 Å². The fourth-order valence-corrected chi connectivity index (χ4v) is 3.55. The van der Waals surface area contributed by atoms with Gasteiger partial charge >= 0.3 is 0 Å². The van der Waals surface area contributed by atoms with E-state index in [1.165, 1.54) is 12.0 Å². The Balaban J connectivity index is 1.49. The van der Waals surface area contributed by atoms with Crippen molar-refractivity contribution in [1.82, 2.24) is 14.9 Å². The minimum absolute atomic E-state index is 0.0361. The van der Waals surface area contributed by atoms with Crippen molar-refractivity contribution < 1.29 is 4.79 Å². The molecule has 0 saturated heterocycles. The van der Waals surface area contributed by atoms with E-state index in [-0.39, 0.29) is 5.91 Å². The average molecular weight is 340 g/mol. The van der Waals surface area contributed by atoms with Crippen LogP contribution in [0.5, 0.6) is 0 Å². The molecule has 1 fully saturated rings. The first-order valence-electron chi connectivity index (χ1n) is 9.28. The molecule has 3 N–H and O–H groups in total. The van der Waals surface area contributed by atoms with Crippen molar-refractivity contribution in [2.24, 2.45) is 5.73 Å². The zero-order chi connectivity index (χ0) is 17.5. The molecule has 1 saturated carbocycles. The van der Waals surface area contributed by atoms with Gasteiger partial charge in [0.2, 0.25) is 5.91 Å². The summed E-state index contributed by atoms with van der Waals surface area (Å²) in [7, 11) is 0. The Morgan fingerprint density at radius 1 is 1.20 bits per heavy atom. The lowest BCUT2D eigenvalue weighted by Crippen LogP contribution is -2.54. The first-order valence-corrected chi connectivity index (χ1v) is 9.28. The first kappa shape index (κ1) is 17.7. The fourth-order valence-electron chi connectivity index (χ4n) is 3.55. The molecule has 1 amide bonds. The van der Waals surface area contributed by atoms with Gasteiger partial charge in [-0.25, -0.2) is 4.98 Å². The summed E-state index contributed by atoms with van der Waals surface area (Å²) in [5.74, 6) is 0.854.